The number of likely N-dealkylation sites (tertiary alicyclic amines) is 1. The van der Waals surface area contributed by atoms with Gasteiger partial charge in [0.1, 0.15) is 5.60 Å². The zero-order valence-corrected chi connectivity index (χ0v) is 13.2. The summed E-state index contributed by atoms with van der Waals surface area (Å²) in [4.78, 5) is 14.0. The fourth-order valence-corrected chi connectivity index (χ4v) is 2.62. The van der Waals surface area contributed by atoms with Crippen molar-refractivity contribution in [1.82, 2.24) is 15.5 Å². The van der Waals surface area contributed by atoms with E-state index >= 15 is 0 Å². The van der Waals surface area contributed by atoms with E-state index in [1.54, 1.807) is 0 Å². The molecule has 5 nitrogen and oxygen atoms in total. The second-order valence-electron chi connectivity index (χ2n) is 7.25. The lowest BCUT2D eigenvalue weighted by atomic mass is 9.97. The standard InChI is InChI=1S/C15H29N3O2/c1-15(2,3)20-14(19)17-13-9-12(13)16-10-11-5-7-18(4)8-6-11/h11-13,16H,5-10H2,1-4H3,(H,17,19). The Hall–Kier alpha value is -0.810. The molecule has 1 aliphatic heterocycles. The van der Waals surface area contributed by atoms with Crippen molar-refractivity contribution in [3.05, 3.63) is 0 Å². The van der Waals surface area contributed by atoms with Crippen molar-refractivity contribution >= 4 is 6.09 Å². The minimum atomic E-state index is -0.421. The molecule has 2 fully saturated rings. The zero-order valence-electron chi connectivity index (χ0n) is 13.2. The van der Waals surface area contributed by atoms with E-state index in [1.807, 2.05) is 20.8 Å². The molecule has 2 rings (SSSR count). The number of rotatable bonds is 4. The van der Waals surface area contributed by atoms with Crippen LogP contribution in [-0.4, -0.2) is 55.4 Å². The predicted octanol–water partition coefficient (Wildman–Crippen LogP) is 1.58. The number of hydrogen-bond donors (Lipinski definition) is 2. The van der Waals surface area contributed by atoms with E-state index in [1.165, 1.54) is 25.9 Å². The molecule has 1 saturated carbocycles. The Morgan fingerprint density at radius 2 is 1.90 bits per heavy atom. The van der Waals surface area contributed by atoms with Crippen LogP contribution in [0.2, 0.25) is 0 Å². The van der Waals surface area contributed by atoms with E-state index in [2.05, 4.69) is 22.6 Å². The number of hydrogen-bond acceptors (Lipinski definition) is 4. The average Bonchev–Trinajstić information content (AvgIpc) is 3.04. The zero-order chi connectivity index (χ0) is 14.8. The van der Waals surface area contributed by atoms with Crippen LogP contribution in [0.25, 0.3) is 0 Å². The summed E-state index contributed by atoms with van der Waals surface area (Å²) < 4.78 is 5.26. The number of carbonyl (C=O) groups excluding carboxylic acids is 1. The third-order valence-corrected chi connectivity index (χ3v) is 4.00. The monoisotopic (exact) mass is 283 g/mol. The van der Waals surface area contributed by atoms with Crippen LogP contribution in [0.1, 0.15) is 40.0 Å². The van der Waals surface area contributed by atoms with Crippen molar-refractivity contribution in [3.63, 3.8) is 0 Å². The number of carbonyl (C=O) groups is 1. The van der Waals surface area contributed by atoms with Crippen LogP contribution in [-0.2, 0) is 4.74 Å². The largest absolute Gasteiger partial charge is 0.444 e. The maximum absolute atomic E-state index is 11.6. The van der Waals surface area contributed by atoms with Crippen molar-refractivity contribution in [1.29, 1.82) is 0 Å². The van der Waals surface area contributed by atoms with Crippen molar-refractivity contribution in [3.8, 4) is 0 Å². The molecule has 116 valence electrons. The molecule has 2 unspecified atom stereocenters. The lowest BCUT2D eigenvalue weighted by Crippen LogP contribution is -2.39. The summed E-state index contributed by atoms with van der Waals surface area (Å²) in [5, 5.41) is 6.49. The Labute approximate surface area is 122 Å². The van der Waals surface area contributed by atoms with E-state index in [-0.39, 0.29) is 12.1 Å². The van der Waals surface area contributed by atoms with E-state index in [0.717, 1.165) is 18.9 Å². The maximum Gasteiger partial charge on any atom is 0.407 e. The fraction of sp³-hybridized carbons (Fsp3) is 0.933. The van der Waals surface area contributed by atoms with Gasteiger partial charge in [-0.15, -0.1) is 0 Å². The van der Waals surface area contributed by atoms with Crippen LogP contribution in [0.4, 0.5) is 4.79 Å². The lowest BCUT2D eigenvalue weighted by Gasteiger charge is -2.29. The Morgan fingerprint density at radius 1 is 1.25 bits per heavy atom. The van der Waals surface area contributed by atoms with Gasteiger partial charge in [0.15, 0.2) is 0 Å². The van der Waals surface area contributed by atoms with E-state index in [0.29, 0.717) is 6.04 Å². The topological polar surface area (TPSA) is 53.6 Å². The van der Waals surface area contributed by atoms with E-state index in [4.69, 9.17) is 4.74 Å². The van der Waals surface area contributed by atoms with E-state index in [9.17, 15) is 4.79 Å². The fourth-order valence-electron chi connectivity index (χ4n) is 2.62. The quantitative estimate of drug-likeness (QED) is 0.822. The summed E-state index contributed by atoms with van der Waals surface area (Å²) in [5.74, 6) is 0.786. The first kappa shape index (κ1) is 15.6. The van der Waals surface area contributed by atoms with Gasteiger partial charge >= 0.3 is 6.09 Å². The number of ether oxygens (including phenoxy) is 1. The van der Waals surface area contributed by atoms with Gasteiger partial charge in [0.2, 0.25) is 0 Å². The Kier molecular flexibility index (Phi) is 4.91. The molecule has 20 heavy (non-hydrogen) atoms. The average molecular weight is 283 g/mol. The molecule has 1 heterocycles. The number of nitrogens with one attached hydrogen (secondary N) is 2. The van der Waals surface area contributed by atoms with E-state index < -0.39 is 5.60 Å². The summed E-state index contributed by atoms with van der Waals surface area (Å²) >= 11 is 0. The first-order valence-corrected chi connectivity index (χ1v) is 7.75. The molecular formula is C15H29N3O2. The molecule has 0 bridgehead atoms. The highest BCUT2D eigenvalue weighted by molar-refractivity contribution is 5.68. The molecule has 2 N–H and O–H groups in total. The van der Waals surface area contributed by atoms with Crippen molar-refractivity contribution in [2.75, 3.05) is 26.7 Å². The van der Waals surface area contributed by atoms with Crippen LogP contribution in [0.15, 0.2) is 0 Å². The molecule has 1 amide bonds. The number of alkyl carbamates (subject to hydrolysis) is 1. The molecule has 2 aliphatic rings. The van der Waals surface area contributed by atoms with Gasteiger partial charge in [0, 0.05) is 12.1 Å². The second kappa shape index (κ2) is 6.31. The predicted molar refractivity (Wildman–Crippen MR) is 79.8 cm³/mol. The molecule has 0 spiro atoms. The highest BCUT2D eigenvalue weighted by Gasteiger charge is 2.39. The molecule has 5 heteroatoms. The Bertz CT molecular complexity index is 333. The van der Waals surface area contributed by atoms with Gasteiger partial charge in [-0.25, -0.2) is 4.79 Å². The number of piperidine rings is 1. The van der Waals surface area contributed by atoms with Crippen molar-refractivity contribution in [2.45, 2.75) is 57.7 Å². The summed E-state index contributed by atoms with van der Waals surface area (Å²) in [5.41, 5.74) is -0.421. The molecule has 1 aliphatic carbocycles. The number of nitrogens with zero attached hydrogens (tertiary/aromatic N) is 1. The summed E-state index contributed by atoms with van der Waals surface area (Å²) in [7, 11) is 2.19. The molecule has 0 radical (unpaired) electrons. The van der Waals surface area contributed by atoms with Gasteiger partial charge in [-0.05, 0) is 72.6 Å². The minimum Gasteiger partial charge on any atom is -0.444 e. The summed E-state index contributed by atoms with van der Waals surface area (Å²) in [6.45, 7) is 9.14. The molecule has 0 aromatic carbocycles. The molecular weight excluding hydrogens is 254 g/mol. The smallest absolute Gasteiger partial charge is 0.407 e. The molecule has 0 aromatic heterocycles. The highest BCUT2D eigenvalue weighted by atomic mass is 16.6. The van der Waals surface area contributed by atoms with Crippen LogP contribution < -0.4 is 10.6 Å². The van der Waals surface area contributed by atoms with Gasteiger partial charge in [-0.3, -0.25) is 0 Å². The maximum atomic E-state index is 11.6. The van der Waals surface area contributed by atoms with Crippen LogP contribution in [0.5, 0.6) is 0 Å². The molecule has 1 saturated heterocycles. The highest BCUT2D eigenvalue weighted by Crippen LogP contribution is 2.23. The van der Waals surface area contributed by atoms with Gasteiger partial charge in [0.25, 0.3) is 0 Å². The third kappa shape index (κ3) is 5.29. The first-order chi connectivity index (χ1) is 9.33. The minimum absolute atomic E-state index is 0.246. The van der Waals surface area contributed by atoms with Gasteiger partial charge < -0.3 is 20.3 Å². The Balaban J connectivity index is 1.58. The molecule has 2 atom stereocenters. The van der Waals surface area contributed by atoms with Crippen LogP contribution >= 0.6 is 0 Å². The second-order valence-corrected chi connectivity index (χ2v) is 7.25. The van der Waals surface area contributed by atoms with Crippen molar-refractivity contribution in [2.24, 2.45) is 5.92 Å². The first-order valence-electron chi connectivity index (χ1n) is 7.75. The number of amides is 1. The van der Waals surface area contributed by atoms with Gasteiger partial charge in [-0.1, -0.05) is 0 Å². The van der Waals surface area contributed by atoms with Crippen molar-refractivity contribution < 1.29 is 9.53 Å². The van der Waals surface area contributed by atoms with Crippen LogP contribution in [0.3, 0.4) is 0 Å². The SMILES string of the molecule is CN1CCC(CNC2CC2NC(=O)OC(C)(C)C)CC1. The Morgan fingerprint density at radius 3 is 2.50 bits per heavy atom. The third-order valence-electron chi connectivity index (χ3n) is 4.00. The summed E-state index contributed by atoms with van der Waals surface area (Å²) in [6, 6.07) is 0.679. The summed E-state index contributed by atoms with van der Waals surface area (Å²) in [6.07, 6.45) is 3.28. The van der Waals surface area contributed by atoms with Crippen LogP contribution in [0, 0.1) is 5.92 Å². The lowest BCUT2D eigenvalue weighted by molar-refractivity contribution is 0.0522. The van der Waals surface area contributed by atoms with Gasteiger partial charge in [-0.2, -0.15) is 0 Å². The molecule has 0 aromatic rings. The van der Waals surface area contributed by atoms with Gasteiger partial charge in [0.05, 0.1) is 0 Å². The normalized spacial score (nSPS) is 28.2.